The van der Waals surface area contributed by atoms with E-state index in [2.05, 4.69) is 5.32 Å². The van der Waals surface area contributed by atoms with Gasteiger partial charge in [0.25, 0.3) is 0 Å². The molecule has 0 spiro atoms. The van der Waals surface area contributed by atoms with Gasteiger partial charge in [0.15, 0.2) is 0 Å². The quantitative estimate of drug-likeness (QED) is 0.797. The zero-order valence-electron chi connectivity index (χ0n) is 12.7. The summed E-state index contributed by atoms with van der Waals surface area (Å²) in [5.74, 6) is 1.90. The molecule has 4 nitrogen and oxygen atoms in total. The number of hydrogen-bond donors (Lipinski definition) is 1. The number of carbonyl (C=O) groups is 1. The van der Waals surface area contributed by atoms with Gasteiger partial charge in [0, 0.05) is 12.6 Å². The predicted molar refractivity (Wildman–Crippen MR) is 82.2 cm³/mol. The Hall–Kier alpha value is -1.55. The maximum Gasteiger partial charge on any atom is 0.237 e. The molecule has 1 amide bonds. The van der Waals surface area contributed by atoms with E-state index in [1.807, 2.05) is 29.2 Å². The lowest BCUT2D eigenvalue weighted by atomic mass is 10.2. The minimum atomic E-state index is 0.231. The standard InChI is InChI=1S/C17H24N2O2/c1-21-16-8-4-14(5-9-16)12-19(15-6-7-15)17(20)11-18-10-13-2-3-13/h4-5,8-9,13,15,18H,2-3,6-7,10-12H2,1H3. The molecule has 1 aromatic carbocycles. The fourth-order valence-electron chi connectivity index (χ4n) is 2.54. The molecule has 0 saturated heterocycles. The number of hydrogen-bond acceptors (Lipinski definition) is 3. The molecule has 2 aliphatic rings. The summed E-state index contributed by atoms with van der Waals surface area (Å²) in [5.41, 5.74) is 1.17. The van der Waals surface area contributed by atoms with Gasteiger partial charge in [-0.3, -0.25) is 4.79 Å². The van der Waals surface area contributed by atoms with Crippen molar-refractivity contribution in [2.75, 3.05) is 20.2 Å². The lowest BCUT2D eigenvalue weighted by Crippen LogP contribution is -2.39. The van der Waals surface area contributed by atoms with E-state index in [1.54, 1.807) is 7.11 Å². The summed E-state index contributed by atoms with van der Waals surface area (Å²) in [6, 6.07) is 8.44. The first kappa shape index (κ1) is 14.4. The maximum absolute atomic E-state index is 12.4. The second-order valence-corrected chi connectivity index (χ2v) is 6.18. The maximum atomic E-state index is 12.4. The molecule has 114 valence electrons. The summed E-state index contributed by atoms with van der Waals surface area (Å²) >= 11 is 0. The lowest BCUT2D eigenvalue weighted by molar-refractivity contribution is -0.131. The van der Waals surface area contributed by atoms with Gasteiger partial charge in [0.05, 0.1) is 13.7 Å². The monoisotopic (exact) mass is 288 g/mol. The lowest BCUT2D eigenvalue weighted by Gasteiger charge is -2.23. The van der Waals surface area contributed by atoms with Crippen LogP contribution in [0.3, 0.4) is 0 Å². The van der Waals surface area contributed by atoms with Crippen molar-refractivity contribution in [3.63, 3.8) is 0 Å². The van der Waals surface area contributed by atoms with Crippen LogP contribution in [0.2, 0.25) is 0 Å². The number of rotatable bonds is 8. The van der Waals surface area contributed by atoms with Crippen molar-refractivity contribution in [1.82, 2.24) is 10.2 Å². The highest BCUT2D eigenvalue weighted by Crippen LogP contribution is 2.29. The van der Waals surface area contributed by atoms with Crippen molar-refractivity contribution in [3.05, 3.63) is 29.8 Å². The van der Waals surface area contributed by atoms with Crippen molar-refractivity contribution < 1.29 is 9.53 Å². The van der Waals surface area contributed by atoms with E-state index in [9.17, 15) is 4.79 Å². The smallest absolute Gasteiger partial charge is 0.237 e. The summed E-state index contributed by atoms with van der Waals surface area (Å²) in [5, 5.41) is 3.30. The van der Waals surface area contributed by atoms with Crippen LogP contribution in [0.15, 0.2) is 24.3 Å². The molecule has 0 bridgehead atoms. The summed E-state index contributed by atoms with van der Waals surface area (Å²) in [6.07, 6.45) is 4.92. The number of carbonyl (C=O) groups excluding carboxylic acids is 1. The van der Waals surface area contributed by atoms with Crippen molar-refractivity contribution in [3.8, 4) is 5.75 Å². The molecule has 0 unspecified atom stereocenters. The molecule has 4 heteroatoms. The number of nitrogens with one attached hydrogen (secondary N) is 1. The first-order valence-electron chi connectivity index (χ1n) is 7.89. The number of benzene rings is 1. The van der Waals surface area contributed by atoms with E-state index in [4.69, 9.17) is 4.74 Å². The average Bonchev–Trinajstić information content (AvgIpc) is 3.38. The Labute approximate surface area is 126 Å². The average molecular weight is 288 g/mol. The third-order valence-corrected chi connectivity index (χ3v) is 4.23. The molecular weight excluding hydrogens is 264 g/mol. The minimum absolute atomic E-state index is 0.231. The Balaban J connectivity index is 1.53. The van der Waals surface area contributed by atoms with Gasteiger partial charge in [0.1, 0.15) is 5.75 Å². The van der Waals surface area contributed by atoms with Gasteiger partial charge in [-0.25, -0.2) is 0 Å². The van der Waals surface area contributed by atoms with Crippen LogP contribution < -0.4 is 10.1 Å². The molecular formula is C17H24N2O2. The van der Waals surface area contributed by atoms with E-state index < -0.39 is 0 Å². The van der Waals surface area contributed by atoms with Crippen LogP contribution in [0.1, 0.15) is 31.2 Å². The number of amides is 1. The molecule has 2 fully saturated rings. The zero-order valence-corrected chi connectivity index (χ0v) is 12.7. The van der Waals surface area contributed by atoms with E-state index in [1.165, 1.54) is 18.4 Å². The Bertz CT molecular complexity index is 478. The van der Waals surface area contributed by atoms with Gasteiger partial charge in [-0.1, -0.05) is 12.1 Å². The van der Waals surface area contributed by atoms with E-state index in [0.29, 0.717) is 19.1 Å². The fraction of sp³-hybridized carbons (Fsp3) is 0.588. The number of methoxy groups -OCH3 is 1. The summed E-state index contributed by atoms with van der Waals surface area (Å²) in [6.45, 7) is 2.18. The second-order valence-electron chi connectivity index (χ2n) is 6.18. The molecule has 2 aliphatic carbocycles. The van der Waals surface area contributed by atoms with Crippen molar-refractivity contribution in [2.24, 2.45) is 5.92 Å². The summed E-state index contributed by atoms with van der Waals surface area (Å²) in [7, 11) is 1.67. The topological polar surface area (TPSA) is 41.6 Å². The minimum Gasteiger partial charge on any atom is -0.497 e. The molecule has 1 aromatic rings. The van der Waals surface area contributed by atoms with E-state index in [-0.39, 0.29) is 5.91 Å². The highest BCUT2D eigenvalue weighted by atomic mass is 16.5. The SMILES string of the molecule is COc1ccc(CN(C(=O)CNCC2CC2)C2CC2)cc1. The third kappa shape index (κ3) is 4.21. The highest BCUT2D eigenvalue weighted by molar-refractivity contribution is 5.79. The molecule has 0 atom stereocenters. The van der Waals surface area contributed by atoms with Gasteiger partial charge in [-0.15, -0.1) is 0 Å². The van der Waals surface area contributed by atoms with E-state index >= 15 is 0 Å². The number of ether oxygens (including phenoxy) is 1. The van der Waals surface area contributed by atoms with Gasteiger partial charge in [-0.05, 0) is 55.8 Å². The van der Waals surface area contributed by atoms with Gasteiger partial charge in [0.2, 0.25) is 5.91 Å². The van der Waals surface area contributed by atoms with Crippen LogP contribution in [-0.2, 0) is 11.3 Å². The van der Waals surface area contributed by atoms with Crippen molar-refractivity contribution >= 4 is 5.91 Å². The molecule has 0 aromatic heterocycles. The predicted octanol–water partition coefficient (Wildman–Crippen LogP) is 2.19. The Morgan fingerprint density at radius 2 is 1.95 bits per heavy atom. The van der Waals surface area contributed by atoms with Crippen LogP contribution in [-0.4, -0.2) is 37.0 Å². The van der Waals surface area contributed by atoms with Gasteiger partial charge < -0.3 is 15.0 Å². The third-order valence-electron chi connectivity index (χ3n) is 4.23. The second kappa shape index (κ2) is 6.48. The van der Waals surface area contributed by atoms with Gasteiger partial charge >= 0.3 is 0 Å². The van der Waals surface area contributed by atoms with Crippen molar-refractivity contribution in [1.29, 1.82) is 0 Å². The summed E-state index contributed by atoms with van der Waals surface area (Å²) < 4.78 is 5.17. The Kier molecular flexibility index (Phi) is 4.44. The Morgan fingerprint density at radius 1 is 1.24 bits per heavy atom. The zero-order chi connectivity index (χ0) is 14.7. The molecule has 2 saturated carbocycles. The molecule has 0 heterocycles. The first-order chi connectivity index (χ1) is 10.3. The molecule has 21 heavy (non-hydrogen) atoms. The Morgan fingerprint density at radius 3 is 2.52 bits per heavy atom. The highest BCUT2D eigenvalue weighted by Gasteiger charge is 2.32. The fourth-order valence-corrected chi connectivity index (χ4v) is 2.54. The molecule has 0 aliphatic heterocycles. The van der Waals surface area contributed by atoms with Crippen LogP contribution in [0.4, 0.5) is 0 Å². The first-order valence-corrected chi connectivity index (χ1v) is 7.89. The van der Waals surface area contributed by atoms with Crippen LogP contribution in [0.25, 0.3) is 0 Å². The molecule has 1 N–H and O–H groups in total. The van der Waals surface area contributed by atoms with Crippen LogP contribution in [0.5, 0.6) is 5.75 Å². The van der Waals surface area contributed by atoms with Crippen LogP contribution >= 0.6 is 0 Å². The largest absolute Gasteiger partial charge is 0.497 e. The summed E-state index contributed by atoms with van der Waals surface area (Å²) in [4.78, 5) is 14.4. The molecule has 3 rings (SSSR count). The normalized spacial score (nSPS) is 17.6. The van der Waals surface area contributed by atoms with Gasteiger partial charge in [-0.2, -0.15) is 0 Å². The van der Waals surface area contributed by atoms with E-state index in [0.717, 1.165) is 31.1 Å². The number of nitrogens with zero attached hydrogens (tertiary/aromatic N) is 1. The van der Waals surface area contributed by atoms with Crippen molar-refractivity contribution in [2.45, 2.75) is 38.3 Å². The molecule has 0 radical (unpaired) electrons. The van der Waals surface area contributed by atoms with Crippen LogP contribution in [0, 0.1) is 5.92 Å².